The number of hydrogen-bond donors (Lipinski definition) is 3. The number of piperazine rings is 1. The predicted octanol–water partition coefficient (Wildman–Crippen LogP) is -0.832. The summed E-state index contributed by atoms with van der Waals surface area (Å²) in [4.78, 5) is 27.4. The van der Waals surface area contributed by atoms with Gasteiger partial charge in [0.1, 0.15) is 24.6 Å². The first-order chi connectivity index (χ1) is 10.6. The largest absolute Gasteiger partial charge is 0.465 e. The molecule has 0 atom stereocenters. The fourth-order valence-corrected chi connectivity index (χ4v) is 2.08. The number of nitrogens with two attached hydrogens (primary N) is 2. The molecule has 0 unspecified atom stereocenters. The fraction of sp³-hybridized carbons (Fsp3) is 0.500. The first kappa shape index (κ1) is 15.8. The van der Waals surface area contributed by atoms with Crippen molar-refractivity contribution in [2.45, 2.75) is 0 Å². The Hall–Kier alpha value is -2.62. The molecule has 0 bridgehead atoms. The Morgan fingerprint density at radius 3 is 2.77 bits per heavy atom. The van der Waals surface area contributed by atoms with E-state index in [0.717, 1.165) is 0 Å². The summed E-state index contributed by atoms with van der Waals surface area (Å²) in [6.07, 6.45) is 1.90. The van der Waals surface area contributed by atoms with Crippen LogP contribution in [-0.2, 0) is 4.84 Å². The number of amides is 1. The van der Waals surface area contributed by atoms with Crippen molar-refractivity contribution >= 4 is 23.9 Å². The second-order valence-electron chi connectivity index (χ2n) is 4.61. The Morgan fingerprint density at radius 1 is 1.41 bits per heavy atom. The standard InChI is InChI=1S/C12H19N7O3/c13-1-6-22-17-7-9-10(14)15-8-16-11(9)18-2-4-19(5-3-18)12(20)21/h7-8H,1-6,13H2,(H,20,21)(H2,14,15,16). The average molecular weight is 309 g/mol. The number of hydrogen-bond acceptors (Lipinski definition) is 8. The molecule has 1 aromatic rings. The van der Waals surface area contributed by atoms with Crippen molar-refractivity contribution in [3.63, 3.8) is 0 Å². The Morgan fingerprint density at radius 2 is 2.14 bits per heavy atom. The highest BCUT2D eigenvalue weighted by atomic mass is 16.6. The van der Waals surface area contributed by atoms with Gasteiger partial charge >= 0.3 is 6.09 Å². The van der Waals surface area contributed by atoms with Crippen molar-refractivity contribution in [3.8, 4) is 0 Å². The van der Waals surface area contributed by atoms with Crippen LogP contribution < -0.4 is 16.4 Å². The molecule has 10 heteroatoms. The summed E-state index contributed by atoms with van der Waals surface area (Å²) in [5.74, 6) is 0.892. The van der Waals surface area contributed by atoms with E-state index >= 15 is 0 Å². The van der Waals surface area contributed by atoms with E-state index < -0.39 is 6.09 Å². The van der Waals surface area contributed by atoms with Gasteiger partial charge in [-0.1, -0.05) is 5.16 Å². The highest BCUT2D eigenvalue weighted by Crippen LogP contribution is 2.21. The monoisotopic (exact) mass is 309 g/mol. The van der Waals surface area contributed by atoms with Crippen LogP contribution in [0, 0.1) is 0 Å². The van der Waals surface area contributed by atoms with Crippen LogP contribution in [0.5, 0.6) is 0 Å². The Labute approximate surface area is 127 Å². The lowest BCUT2D eigenvalue weighted by atomic mass is 10.2. The van der Waals surface area contributed by atoms with Gasteiger partial charge in [0, 0.05) is 32.7 Å². The molecule has 1 aromatic heterocycles. The third-order valence-electron chi connectivity index (χ3n) is 3.21. The molecule has 1 fully saturated rings. The molecule has 0 radical (unpaired) electrons. The maximum absolute atomic E-state index is 10.9. The maximum atomic E-state index is 10.9. The Balaban J connectivity index is 2.12. The minimum Gasteiger partial charge on any atom is -0.465 e. The van der Waals surface area contributed by atoms with Crippen molar-refractivity contribution in [3.05, 3.63) is 11.9 Å². The zero-order valence-corrected chi connectivity index (χ0v) is 12.1. The lowest BCUT2D eigenvalue weighted by Gasteiger charge is -2.34. The number of carboxylic acid groups (broad SMARTS) is 1. The highest BCUT2D eigenvalue weighted by molar-refractivity contribution is 5.91. The summed E-state index contributed by atoms with van der Waals surface area (Å²) in [5, 5.41) is 12.8. The van der Waals surface area contributed by atoms with Gasteiger partial charge in [-0.05, 0) is 0 Å². The second kappa shape index (κ2) is 7.41. The maximum Gasteiger partial charge on any atom is 0.407 e. The van der Waals surface area contributed by atoms with Crippen LogP contribution in [0.1, 0.15) is 5.56 Å². The molecule has 22 heavy (non-hydrogen) atoms. The molecular formula is C12H19N7O3. The Kier molecular flexibility index (Phi) is 5.31. The summed E-state index contributed by atoms with van der Waals surface area (Å²) < 4.78 is 0. The number of aromatic nitrogens is 2. The molecule has 2 rings (SSSR count). The van der Waals surface area contributed by atoms with E-state index in [9.17, 15) is 4.79 Å². The van der Waals surface area contributed by atoms with Gasteiger partial charge in [-0.3, -0.25) is 0 Å². The first-order valence-corrected chi connectivity index (χ1v) is 6.82. The summed E-state index contributed by atoms with van der Waals surface area (Å²) in [6.45, 7) is 2.51. The van der Waals surface area contributed by atoms with Crippen LogP contribution in [0.25, 0.3) is 0 Å². The van der Waals surface area contributed by atoms with E-state index in [2.05, 4.69) is 15.1 Å². The van der Waals surface area contributed by atoms with E-state index in [4.69, 9.17) is 21.4 Å². The highest BCUT2D eigenvalue weighted by Gasteiger charge is 2.23. The number of anilines is 2. The van der Waals surface area contributed by atoms with Crippen molar-refractivity contribution in [1.82, 2.24) is 14.9 Å². The lowest BCUT2D eigenvalue weighted by molar-refractivity contribution is 0.142. The van der Waals surface area contributed by atoms with Crippen LogP contribution in [0.2, 0.25) is 0 Å². The van der Waals surface area contributed by atoms with E-state index in [1.807, 2.05) is 4.90 Å². The van der Waals surface area contributed by atoms with Crippen molar-refractivity contribution in [2.24, 2.45) is 10.9 Å². The van der Waals surface area contributed by atoms with Gasteiger partial charge in [0.2, 0.25) is 0 Å². The van der Waals surface area contributed by atoms with E-state index in [0.29, 0.717) is 50.7 Å². The van der Waals surface area contributed by atoms with Gasteiger partial charge in [-0.2, -0.15) is 0 Å². The van der Waals surface area contributed by atoms with Gasteiger partial charge in [0.05, 0.1) is 11.8 Å². The van der Waals surface area contributed by atoms with E-state index in [1.165, 1.54) is 17.4 Å². The van der Waals surface area contributed by atoms with Gasteiger partial charge in [-0.15, -0.1) is 0 Å². The summed E-state index contributed by atoms with van der Waals surface area (Å²) >= 11 is 0. The van der Waals surface area contributed by atoms with Crippen LogP contribution in [0.15, 0.2) is 11.5 Å². The van der Waals surface area contributed by atoms with Gasteiger partial charge < -0.3 is 31.2 Å². The quantitative estimate of drug-likeness (QED) is 0.363. The summed E-state index contributed by atoms with van der Waals surface area (Å²) in [7, 11) is 0. The molecule has 1 aliphatic heterocycles. The number of rotatable bonds is 5. The first-order valence-electron chi connectivity index (χ1n) is 6.82. The molecule has 10 nitrogen and oxygen atoms in total. The molecule has 0 saturated carbocycles. The zero-order chi connectivity index (χ0) is 15.9. The number of nitrogen functional groups attached to an aromatic ring is 1. The number of oxime groups is 1. The lowest BCUT2D eigenvalue weighted by Crippen LogP contribution is -2.48. The molecule has 5 N–H and O–H groups in total. The molecule has 0 spiro atoms. The topological polar surface area (TPSA) is 143 Å². The van der Waals surface area contributed by atoms with Gasteiger partial charge in [0.15, 0.2) is 0 Å². The summed E-state index contributed by atoms with van der Waals surface area (Å²) in [5.41, 5.74) is 11.7. The minimum absolute atomic E-state index is 0.283. The van der Waals surface area contributed by atoms with Gasteiger partial charge in [-0.25, -0.2) is 14.8 Å². The number of carbonyl (C=O) groups is 1. The molecule has 2 heterocycles. The SMILES string of the molecule is NCCON=Cc1c(N)ncnc1N1CCN(C(=O)O)CC1. The van der Waals surface area contributed by atoms with E-state index in [1.54, 1.807) is 0 Å². The number of nitrogens with zero attached hydrogens (tertiary/aromatic N) is 5. The summed E-state index contributed by atoms with van der Waals surface area (Å²) in [6, 6.07) is 0. The third-order valence-corrected chi connectivity index (χ3v) is 3.21. The van der Waals surface area contributed by atoms with Crippen LogP contribution in [-0.4, -0.2) is 71.6 Å². The smallest absolute Gasteiger partial charge is 0.407 e. The second-order valence-corrected chi connectivity index (χ2v) is 4.61. The molecule has 120 valence electrons. The van der Waals surface area contributed by atoms with Crippen LogP contribution >= 0.6 is 0 Å². The average Bonchev–Trinajstić information content (AvgIpc) is 2.53. The molecule has 0 aliphatic carbocycles. The van der Waals surface area contributed by atoms with Crippen molar-refractivity contribution < 1.29 is 14.7 Å². The molecule has 1 amide bonds. The Bertz CT molecular complexity index is 544. The van der Waals surface area contributed by atoms with E-state index in [-0.39, 0.29) is 5.82 Å². The molecule has 1 aliphatic rings. The third kappa shape index (κ3) is 3.73. The molecule has 1 saturated heterocycles. The van der Waals surface area contributed by atoms with Gasteiger partial charge in [0.25, 0.3) is 0 Å². The van der Waals surface area contributed by atoms with Crippen molar-refractivity contribution in [1.29, 1.82) is 0 Å². The minimum atomic E-state index is -0.918. The predicted molar refractivity (Wildman–Crippen MR) is 80.9 cm³/mol. The molecule has 0 aromatic carbocycles. The fourth-order valence-electron chi connectivity index (χ4n) is 2.08. The van der Waals surface area contributed by atoms with Crippen LogP contribution in [0.4, 0.5) is 16.4 Å². The normalized spacial score (nSPS) is 15.3. The zero-order valence-electron chi connectivity index (χ0n) is 12.1. The molecular weight excluding hydrogens is 290 g/mol. The van der Waals surface area contributed by atoms with Crippen molar-refractivity contribution in [2.75, 3.05) is 50.0 Å². The van der Waals surface area contributed by atoms with Crippen LogP contribution in [0.3, 0.4) is 0 Å².